The topological polar surface area (TPSA) is 64.1 Å². The maximum absolute atomic E-state index is 11.3. The Bertz CT molecular complexity index is 438. The van der Waals surface area contributed by atoms with Crippen LogP contribution < -0.4 is 11.2 Å². The molecule has 1 heterocycles. The summed E-state index contributed by atoms with van der Waals surface area (Å²) in [4.78, 5) is 24.7. The summed E-state index contributed by atoms with van der Waals surface area (Å²) in [5.74, 6) is 1.97. The average molecular weight is 244 g/mol. The Morgan fingerprint density at radius 3 is 2.94 bits per heavy atom. The molecular formula is C10H16N2O3S. The molecule has 0 aliphatic heterocycles. The third kappa shape index (κ3) is 3.86. The van der Waals surface area contributed by atoms with Crippen molar-refractivity contribution in [3.05, 3.63) is 32.6 Å². The Hall–Kier alpha value is -1.01. The van der Waals surface area contributed by atoms with Crippen molar-refractivity contribution in [1.82, 2.24) is 9.55 Å². The van der Waals surface area contributed by atoms with E-state index in [9.17, 15) is 9.59 Å². The molecule has 0 unspecified atom stereocenters. The van der Waals surface area contributed by atoms with E-state index in [1.165, 1.54) is 10.8 Å². The van der Waals surface area contributed by atoms with Crippen molar-refractivity contribution in [2.45, 2.75) is 20.6 Å². The van der Waals surface area contributed by atoms with Crippen LogP contribution in [0.15, 0.2) is 15.8 Å². The molecule has 1 aromatic rings. The first kappa shape index (κ1) is 13.1. The Kier molecular flexibility index (Phi) is 5.34. The maximum Gasteiger partial charge on any atom is 0.330 e. The minimum atomic E-state index is -0.432. The van der Waals surface area contributed by atoms with Gasteiger partial charge in [-0.25, -0.2) is 4.79 Å². The Labute approximate surface area is 97.8 Å². The monoisotopic (exact) mass is 244 g/mol. The molecule has 0 bridgehead atoms. The van der Waals surface area contributed by atoms with Crippen molar-refractivity contribution >= 4 is 11.8 Å². The van der Waals surface area contributed by atoms with Crippen LogP contribution in [0.1, 0.15) is 12.5 Å². The molecule has 0 amide bonds. The molecule has 0 radical (unpaired) electrons. The normalized spacial score (nSPS) is 10.6. The zero-order valence-corrected chi connectivity index (χ0v) is 10.3. The first-order valence-electron chi connectivity index (χ1n) is 5.11. The minimum Gasteiger partial charge on any atom is -0.360 e. The molecule has 16 heavy (non-hydrogen) atoms. The summed E-state index contributed by atoms with van der Waals surface area (Å²) in [5, 5.41) is 0. The van der Waals surface area contributed by atoms with Crippen molar-refractivity contribution in [2.75, 3.05) is 18.1 Å². The van der Waals surface area contributed by atoms with Gasteiger partial charge >= 0.3 is 5.69 Å². The number of thioether (sulfide) groups is 1. The Balaban J connectivity index is 2.51. The van der Waals surface area contributed by atoms with Crippen LogP contribution >= 0.6 is 11.8 Å². The molecule has 1 N–H and O–H groups in total. The molecular weight excluding hydrogens is 228 g/mol. The first-order valence-corrected chi connectivity index (χ1v) is 6.26. The van der Waals surface area contributed by atoms with Crippen molar-refractivity contribution in [3.63, 3.8) is 0 Å². The fourth-order valence-electron chi connectivity index (χ4n) is 1.14. The predicted octanol–water partition coefficient (Wildman–Crippen LogP) is 0.572. The van der Waals surface area contributed by atoms with Crippen LogP contribution in [0.4, 0.5) is 0 Å². The van der Waals surface area contributed by atoms with Gasteiger partial charge in [-0.2, -0.15) is 11.8 Å². The lowest BCUT2D eigenvalue weighted by Crippen LogP contribution is -2.31. The van der Waals surface area contributed by atoms with Gasteiger partial charge in [0, 0.05) is 17.5 Å². The molecule has 0 fully saturated rings. The van der Waals surface area contributed by atoms with Gasteiger partial charge in [-0.05, 0) is 12.7 Å². The number of H-pyrrole nitrogens is 1. The van der Waals surface area contributed by atoms with E-state index >= 15 is 0 Å². The quantitative estimate of drug-likeness (QED) is 0.743. The summed E-state index contributed by atoms with van der Waals surface area (Å²) in [7, 11) is 0. The zero-order chi connectivity index (χ0) is 12.0. The van der Waals surface area contributed by atoms with Gasteiger partial charge in [0.1, 0.15) is 6.73 Å². The molecule has 6 heteroatoms. The van der Waals surface area contributed by atoms with Gasteiger partial charge in [-0.15, -0.1) is 0 Å². The second-order valence-electron chi connectivity index (χ2n) is 3.28. The van der Waals surface area contributed by atoms with E-state index in [4.69, 9.17) is 4.74 Å². The number of rotatable bonds is 6. The van der Waals surface area contributed by atoms with E-state index < -0.39 is 5.69 Å². The molecule has 0 spiro atoms. The summed E-state index contributed by atoms with van der Waals surface area (Å²) in [6, 6.07) is 0. The summed E-state index contributed by atoms with van der Waals surface area (Å²) in [5.41, 5.74) is -0.271. The lowest BCUT2D eigenvalue weighted by Gasteiger charge is -2.06. The highest BCUT2D eigenvalue weighted by molar-refractivity contribution is 7.99. The molecule has 0 aliphatic rings. The largest absolute Gasteiger partial charge is 0.360 e. The van der Waals surface area contributed by atoms with E-state index in [0.717, 1.165) is 11.5 Å². The molecule has 0 aliphatic carbocycles. The van der Waals surface area contributed by atoms with Crippen LogP contribution in [0.3, 0.4) is 0 Å². The Morgan fingerprint density at radius 1 is 1.50 bits per heavy atom. The smallest absolute Gasteiger partial charge is 0.330 e. The SMILES string of the molecule is CCSCCOCn1cc(C)c(=O)[nH]c1=O. The molecule has 0 aromatic carbocycles. The van der Waals surface area contributed by atoms with Crippen LogP contribution in [0.5, 0.6) is 0 Å². The van der Waals surface area contributed by atoms with Gasteiger partial charge in [0.2, 0.25) is 0 Å². The third-order valence-electron chi connectivity index (χ3n) is 2.00. The van der Waals surface area contributed by atoms with Crippen molar-refractivity contribution < 1.29 is 4.74 Å². The van der Waals surface area contributed by atoms with Crippen molar-refractivity contribution in [2.24, 2.45) is 0 Å². The fourth-order valence-corrected chi connectivity index (χ4v) is 1.66. The van der Waals surface area contributed by atoms with Crippen LogP contribution in [-0.4, -0.2) is 27.7 Å². The summed E-state index contributed by atoms with van der Waals surface area (Å²) in [6.07, 6.45) is 1.51. The second-order valence-corrected chi connectivity index (χ2v) is 4.67. The van der Waals surface area contributed by atoms with E-state index in [1.807, 2.05) is 0 Å². The standard InChI is InChI=1S/C10H16N2O3S/c1-3-16-5-4-15-7-12-6-8(2)9(13)11-10(12)14/h6H,3-5,7H2,1-2H3,(H,11,13,14). The minimum absolute atomic E-state index is 0.181. The molecule has 1 aromatic heterocycles. The van der Waals surface area contributed by atoms with E-state index in [-0.39, 0.29) is 12.3 Å². The Morgan fingerprint density at radius 2 is 2.25 bits per heavy atom. The van der Waals surface area contributed by atoms with Gasteiger partial charge in [-0.1, -0.05) is 6.92 Å². The summed E-state index contributed by atoms with van der Waals surface area (Å²) < 4.78 is 6.67. The molecule has 0 saturated heterocycles. The second kappa shape index (κ2) is 6.55. The number of aromatic nitrogens is 2. The summed E-state index contributed by atoms with van der Waals surface area (Å²) >= 11 is 1.78. The molecule has 5 nitrogen and oxygen atoms in total. The molecule has 0 atom stereocenters. The number of ether oxygens (including phenoxy) is 1. The number of hydrogen-bond acceptors (Lipinski definition) is 4. The zero-order valence-electron chi connectivity index (χ0n) is 9.49. The van der Waals surface area contributed by atoms with E-state index in [1.54, 1.807) is 18.7 Å². The maximum atomic E-state index is 11.3. The number of aryl methyl sites for hydroxylation is 1. The van der Waals surface area contributed by atoms with Crippen molar-refractivity contribution in [3.8, 4) is 0 Å². The molecule has 1 rings (SSSR count). The lowest BCUT2D eigenvalue weighted by atomic mass is 10.4. The van der Waals surface area contributed by atoms with Gasteiger partial charge in [-0.3, -0.25) is 14.3 Å². The van der Waals surface area contributed by atoms with Crippen LogP contribution in [0, 0.1) is 6.92 Å². The first-order chi connectivity index (χ1) is 7.65. The highest BCUT2D eigenvalue weighted by atomic mass is 32.2. The number of nitrogens with zero attached hydrogens (tertiary/aromatic N) is 1. The fraction of sp³-hybridized carbons (Fsp3) is 0.600. The molecule has 0 saturated carbocycles. The number of nitrogens with one attached hydrogen (secondary N) is 1. The van der Waals surface area contributed by atoms with Gasteiger partial charge < -0.3 is 4.74 Å². The van der Waals surface area contributed by atoms with Crippen molar-refractivity contribution in [1.29, 1.82) is 0 Å². The van der Waals surface area contributed by atoms with Gasteiger partial charge in [0.25, 0.3) is 5.56 Å². The van der Waals surface area contributed by atoms with E-state index in [2.05, 4.69) is 11.9 Å². The lowest BCUT2D eigenvalue weighted by molar-refractivity contribution is 0.0862. The van der Waals surface area contributed by atoms with E-state index in [0.29, 0.717) is 12.2 Å². The highest BCUT2D eigenvalue weighted by Crippen LogP contribution is 1.97. The number of aromatic amines is 1. The van der Waals surface area contributed by atoms with Crippen LogP contribution in [0.2, 0.25) is 0 Å². The van der Waals surface area contributed by atoms with Crippen LogP contribution in [0.25, 0.3) is 0 Å². The average Bonchev–Trinajstić information content (AvgIpc) is 2.25. The third-order valence-corrected chi connectivity index (χ3v) is 2.86. The number of hydrogen-bond donors (Lipinski definition) is 1. The van der Waals surface area contributed by atoms with Gasteiger partial charge in [0.15, 0.2) is 0 Å². The van der Waals surface area contributed by atoms with Gasteiger partial charge in [0.05, 0.1) is 6.61 Å². The predicted molar refractivity (Wildman–Crippen MR) is 65.0 cm³/mol. The highest BCUT2D eigenvalue weighted by Gasteiger charge is 2.00. The molecule has 90 valence electrons. The summed E-state index contributed by atoms with van der Waals surface area (Å²) in [6.45, 7) is 4.52. The van der Waals surface area contributed by atoms with Crippen LogP contribution in [-0.2, 0) is 11.5 Å².